The Morgan fingerprint density at radius 1 is 0.900 bits per heavy atom. The monoisotopic (exact) mass is 428 g/mol. The minimum Gasteiger partial charge on any atom is -0.396 e. The van der Waals surface area contributed by atoms with E-state index in [2.05, 4.69) is 40.1 Å². The Morgan fingerprint density at radius 3 is 2.03 bits per heavy atom. The highest BCUT2D eigenvalue weighted by Gasteiger charge is 2.46. The van der Waals surface area contributed by atoms with Crippen molar-refractivity contribution in [2.75, 3.05) is 19.8 Å². The lowest BCUT2D eigenvalue weighted by atomic mass is 9.95. The molecule has 0 aromatic heterocycles. The molecular weight excluding hydrogens is 408 g/mol. The van der Waals surface area contributed by atoms with Crippen molar-refractivity contribution in [1.82, 2.24) is 0 Å². The molecule has 8 atom stereocenters. The summed E-state index contributed by atoms with van der Waals surface area (Å²) in [5, 5.41) is 52.2. The third-order valence-corrected chi connectivity index (χ3v) is 4.28. The Morgan fingerprint density at radius 2 is 1.53 bits per heavy atom. The minimum atomic E-state index is -1.52. The van der Waals surface area contributed by atoms with Crippen LogP contribution in [-0.2, 0) is 9.47 Å². The molecule has 1 saturated heterocycles. The van der Waals surface area contributed by atoms with Gasteiger partial charge in [0.25, 0.3) is 0 Å². The van der Waals surface area contributed by atoms with Crippen LogP contribution in [0.4, 0.5) is 0 Å². The Balaban J connectivity index is 3.21. The van der Waals surface area contributed by atoms with Gasteiger partial charge >= 0.3 is 0 Å². The Hall–Kier alpha value is -3.00. The van der Waals surface area contributed by atoms with Gasteiger partial charge in [-0.15, -0.1) is 0 Å². The maximum absolute atomic E-state index is 10.2. The molecular formula is C12H20N12O6. The molecule has 3 unspecified atom stereocenters. The molecule has 0 aliphatic carbocycles. The standard InChI is InChI=1S/C12H20N12O6/c13-21-17-5(2-25)1-6(18-22-14)7(3-26)29-12-10(20-24-16)9(19-23-15)11(28)8(4-27)30-12/h5-12,25-28H,1-4H2/t5-,6?,7+,8?,9?,10+,11-,12+/m1/s1. The fraction of sp³-hybridized carbons (Fsp3) is 1.00. The number of aliphatic hydroxyl groups excluding tert-OH is 4. The molecule has 0 spiro atoms. The van der Waals surface area contributed by atoms with E-state index in [-0.39, 0.29) is 6.42 Å². The maximum atomic E-state index is 10.2. The van der Waals surface area contributed by atoms with Gasteiger partial charge in [-0.25, -0.2) is 0 Å². The summed E-state index contributed by atoms with van der Waals surface area (Å²) in [4.78, 5) is 10.4. The number of hydrogen-bond donors (Lipinski definition) is 4. The van der Waals surface area contributed by atoms with Gasteiger partial charge in [0.2, 0.25) is 0 Å². The lowest BCUT2D eigenvalue weighted by Gasteiger charge is -2.42. The van der Waals surface area contributed by atoms with Crippen LogP contribution < -0.4 is 0 Å². The van der Waals surface area contributed by atoms with Gasteiger partial charge in [0.15, 0.2) is 6.29 Å². The lowest BCUT2D eigenvalue weighted by molar-refractivity contribution is -0.262. The third-order valence-electron chi connectivity index (χ3n) is 4.28. The zero-order valence-corrected chi connectivity index (χ0v) is 15.4. The zero-order valence-electron chi connectivity index (χ0n) is 15.4. The molecule has 0 saturated carbocycles. The van der Waals surface area contributed by atoms with Crippen molar-refractivity contribution in [3.8, 4) is 0 Å². The fourth-order valence-electron chi connectivity index (χ4n) is 2.84. The quantitative estimate of drug-likeness (QED) is 0.195. The maximum Gasteiger partial charge on any atom is 0.167 e. The fourth-order valence-corrected chi connectivity index (χ4v) is 2.84. The predicted molar refractivity (Wildman–Crippen MR) is 97.2 cm³/mol. The normalized spacial score (nSPS) is 28.5. The number of nitrogens with zero attached hydrogens (tertiary/aromatic N) is 12. The number of ether oxygens (including phenoxy) is 2. The minimum absolute atomic E-state index is 0.208. The van der Waals surface area contributed by atoms with Crippen LogP contribution in [0.3, 0.4) is 0 Å². The van der Waals surface area contributed by atoms with Crippen LogP contribution in [0.25, 0.3) is 41.8 Å². The van der Waals surface area contributed by atoms with E-state index in [0.29, 0.717) is 0 Å². The van der Waals surface area contributed by atoms with E-state index in [4.69, 9.17) is 31.6 Å². The highest BCUT2D eigenvalue weighted by molar-refractivity contribution is 4.99. The van der Waals surface area contributed by atoms with Crippen molar-refractivity contribution in [3.05, 3.63) is 41.8 Å². The van der Waals surface area contributed by atoms with Crippen LogP contribution in [0, 0.1) is 0 Å². The highest BCUT2D eigenvalue weighted by atomic mass is 16.7. The molecule has 0 aromatic carbocycles. The van der Waals surface area contributed by atoms with Crippen LogP contribution in [-0.4, -0.2) is 89.0 Å². The second-order valence-corrected chi connectivity index (χ2v) is 6.01. The van der Waals surface area contributed by atoms with Gasteiger partial charge in [-0.2, -0.15) is 0 Å². The summed E-state index contributed by atoms with van der Waals surface area (Å²) in [6.45, 7) is -2.01. The molecule has 164 valence electrons. The molecule has 1 aliphatic heterocycles. The molecule has 30 heavy (non-hydrogen) atoms. The van der Waals surface area contributed by atoms with E-state index in [9.17, 15) is 20.4 Å². The molecule has 1 aliphatic rings. The molecule has 0 bridgehead atoms. The lowest BCUT2D eigenvalue weighted by Crippen LogP contribution is -2.59. The predicted octanol–water partition coefficient (Wildman–Crippen LogP) is 0.540. The molecule has 0 amide bonds. The van der Waals surface area contributed by atoms with Gasteiger partial charge in [-0.3, -0.25) is 0 Å². The average Bonchev–Trinajstić information content (AvgIpc) is 2.75. The van der Waals surface area contributed by atoms with E-state index >= 15 is 0 Å². The Bertz CT molecular complexity index is 744. The summed E-state index contributed by atoms with van der Waals surface area (Å²) in [7, 11) is 0. The number of aliphatic hydroxyl groups is 4. The van der Waals surface area contributed by atoms with E-state index in [1.165, 1.54) is 0 Å². The molecule has 1 heterocycles. The second kappa shape index (κ2) is 13.3. The molecule has 4 N–H and O–H groups in total. The van der Waals surface area contributed by atoms with Crippen LogP contribution in [0.15, 0.2) is 20.5 Å². The second-order valence-electron chi connectivity index (χ2n) is 6.01. The first-order valence-corrected chi connectivity index (χ1v) is 8.49. The van der Waals surface area contributed by atoms with Crippen molar-refractivity contribution in [1.29, 1.82) is 0 Å². The molecule has 0 aromatic rings. The Kier molecular flexibility index (Phi) is 11.1. The largest absolute Gasteiger partial charge is 0.396 e. The molecule has 0 radical (unpaired) electrons. The van der Waals surface area contributed by atoms with Crippen molar-refractivity contribution < 1.29 is 29.9 Å². The van der Waals surface area contributed by atoms with Gasteiger partial charge in [-0.1, -0.05) is 20.5 Å². The van der Waals surface area contributed by atoms with Gasteiger partial charge < -0.3 is 29.9 Å². The summed E-state index contributed by atoms with van der Waals surface area (Å²) >= 11 is 0. The first-order chi connectivity index (χ1) is 14.5. The number of rotatable bonds is 12. The van der Waals surface area contributed by atoms with Crippen molar-refractivity contribution in [3.63, 3.8) is 0 Å². The SMILES string of the molecule is [N-]=[N+]=NC(C[C@H](CO)N=[N+]=[N-])[C@H](CO)O[C@H]1OC(CO)[C@@H](O)C(N=[N+]=[N-])[C@@H]1N=[N+]=[N-]. The van der Waals surface area contributed by atoms with E-state index in [0.717, 1.165) is 0 Å². The highest BCUT2D eigenvalue weighted by Crippen LogP contribution is 2.29. The molecule has 18 heteroatoms. The number of azide groups is 4. The molecule has 1 rings (SSSR count). The summed E-state index contributed by atoms with van der Waals surface area (Å²) < 4.78 is 11.0. The van der Waals surface area contributed by atoms with Gasteiger partial charge in [0.1, 0.15) is 6.10 Å². The first-order valence-electron chi connectivity index (χ1n) is 8.49. The average molecular weight is 428 g/mol. The third kappa shape index (κ3) is 6.52. The van der Waals surface area contributed by atoms with Crippen molar-refractivity contribution in [2.45, 2.75) is 55.2 Å². The van der Waals surface area contributed by atoms with Gasteiger partial charge in [0, 0.05) is 19.6 Å². The van der Waals surface area contributed by atoms with Crippen LogP contribution in [0.2, 0.25) is 0 Å². The van der Waals surface area contributed by atoms with Gasteiger partial charge in [0.05, 0.1) is 56.2 Å². The smallest absolute Gasteiger partial charge is 0.167 e. The summed E-state index contributed by atoms with van der Waals surface area (Å²) in [6, 6.07) is -4.91. The van der Waals surface area contributed by atoms with Crippen LogP contribution in [0.1, 0.15) is 6.42 Å². The van der Waals surface area contributed by atoms with E-state index in [1.54, 1.807) is 0 Å². The Labute approximate surface area is 168 Å². The van der Waals surface area contributed by atoms with Gasteiger partial charge in [-0.05, 0) is 28.5 Å². The van der Waals surface area contributed by atoms with Crippen molar-refractivity contribution in [2.24, 2.45) is 20.5 Å². The van der Waals surface area contributed by atoms with E-state index < -0.39 is 68.6 Å². The first kappa shape index (κ1) is 25.0. The zero-order chi connectivity index (χ0) is 22.5. The summed E-state index contributed by atoms with van der Waals surface area (Å²) in [5.41, 5.74) is 34.9. The molecule has 1 fully saturated rings. The van der Waals surface area contributed by atoms with Crippen molar-refractivity contribution >= 4 is 0 Å². The summed E-state index contributed by atoms with van der Waals surface area (Å²) in [5.74, 6) is 0. The summed E-state index contributed by atoms with van der Waals surface area (Å²) in [6.07, 6.45) is -5.82. The van der Waals surface area contributed by atoms with Crippen LogP contribution in [0.5, 0.6) is 0 Å². The number of hydrogen-bond acceptors (Lipinski definition) is 10. The topological polar surface area (TPSA) is 294 Å². The van der Waals surface area contributed by atoms with Crippen LogP contribution >= 0.6 is 0 Å². The van der Waals surface area contributed by atoms with E-state index in [1.807, 2.05) is 0 Å². The molecule has 18 nitrogen and oxygen atoms in total.